The van der Waals surface area contributed by atoms with Gasteiger partial charge in [-0.25, -0.2) is 0 Å². The second kappa shape index (κ2) is 4.75. The zero-order chi connectivity index (χ0) is 11.4. The first kappa shape index (κ1) is 11.5. The van der Waals surface area contributed by atoms with Crippen molar-refractivity contribution >= 4 is 18.0 Å². The van der Waals surface area contributed by atoms with Gasteiger partial charge in [0.2, 0.25) is 0 Å². The van der Waals surface area contributed by atoms with Crippen LogP contribution >= 0.6 is 0 Å². The number of hydrogen-bond acceptors (Lipinski definition) is 3. The van der Waals surface area contributed by atoms with E-state index in [0.29, 0.717) is 0 Å². The zero-order valence-electron chi connectivity index (χ0n) is 9.20. The van der Waals surface area contributed by atoms with E-state index in [1.165, 1.54) is 0 Å². The summed E-state index contributed by atoms with van der Waals surface area (Å²) in [6, 6.07) is 5.85. The Hall–Kier alpha value is -1.61. The minimum atomic E-state index is -0.0195. The highest BCUT2D eigenvalue weighted by atomic mass is 16.3. The highest BCUT2D eigenvalue weighted by Crippen LogP contribution is 2.23. The van der Waals surface area contributed by atoms with Crippen LogP contribution in [0.25, 0.3) is 5.57 Å². The summed E-state index contributed by atoms with van der Waals surface area (Å²) >= 11 is 0. The van der Waals surface area contributed by atoms with Crippen molar-refractivity contribution < 1.29 is 5.11 Å². The van der Waals surface area contributed by atoms with Gasteiger partial charge in [0, 0.05) is 13.8 Å². The molecule has 0 spiro atoms. The number of rotatable bonds is 4. The lowest BCUT2D eigenvalue weighted by atomic mass is 10.0. The molecule has 0 radical (unpaired) electrons. The summed E-state index contributed by atoms with van der Waals surface area (Å²) in [5.41, 5.74) is 3.76. The van der Waals surface area contributed by atoms with E-state index in [2.05, 4.69) is 18.4 Å². The Morgan fingerprint density at radius 3 is 2.67 bits per heavy atom. The molecule has 1 aromatic carbocycles. The van der Waals surface area contributed by atoms with Crippen molar-refractivity contribution in [1.29, 1.82) is 0 Å². The van der Waals surface area contributed by atoms with E-state index in [-0.39, 0.29) is 6.61 Å². The fraction of sp³-hybridized carbons (Fsp3) is 0.250. The predicted molar refractivity (Wildman–Crippen MR) is 65.3 cm³/mol. The lowest BCUT2D eigenvalue weighted by molar-refractivity contribution is 0.350. The number of aliphatic hydroxyl groups excluding tert-OH is 1. The number of aliphatic hydroxyl groups is 1. The average Bonchev–Trinajstić information content (AvgIpc) is 2.26. The Kier molecular flexibility index (Phi) is 3.63. The van der Waals surface area contributed by atoms with E-state index in [1.807, 2.05) is 32.2 Å². The Balaban J connectivity index is 3.08. The molecule has 0 aliphatic rings. The number of aryl methyl sites for hydroxylation is 1. The van der Waals surface area contributed by atoms with Crippen LogP contribution in [0.5, 0.6) is 0 Å². The van der Waals surface area contributed by atoms with E-state index < -0.39 is 0 Å². The topological polar surface area (TPSA) is 35.8 Å². The number of hydrogen-bond donors (Lipinski definition) is 1. The number of anilines is 1. The van der Waals surface area contributed by atoms with Crippen LogP contribution in [0.2, 0.25) is 0 Å². The van der Waals surface area contributed by atoms with Crippen LogP contribution in [0.3, 0.4) is 0 Å². The van der Waals surface area contributed by atoms with Crippen molar-refractivity contribution in [3.05, 3.63) is 35.9 Å². The van der Waals surface area contributed by atoms with Crippen molar-refractivity contribution in [3.8, 4) is 0 Å². The summed E-state index contributed by atoms with van der Waals surface area (Å²) < 4.78 is 0. The summed E-state index contributed by atoms with van der Waals surface area (Å²) in [5, 5.41) is 14.5. The molecular weight excluding hydrogens is 188 g/mol. The van der Waals surface area contributed by atoms with Gasteiger partial charge >= 0.3 is 0 Å². The van der Waals surface area contributed by atoms with Gasteiger partial charge in [-0.05, 0) is 35.8 Å². The van der Waals surface area contributed by atoms with Gasteiger partial charge in [0.15, 0.2) is 0 Å². The molecule has 3 nitrogen and oxygen atoms in total. The molecule has 1 aromatic rings. The number of hydrazone groups is 1. The van der Waals surface area contributed by atoms with Gasteiger partial charge in [-0.1, -0.05) is 12.6 Å². The molecule has 0 amide bonds. The molecule has 0 saturated heterocycles. The molecule has 0 atom stereocenters. The van der Waals surface area contributed by atoms with E-state index in [0.717, 1.165) is 22.4 Å². The van der Waals surface area contributed by atoms with E-state index >= 15 is 0 Å². The Morgan fingerprint density at radius 2 is 2.20 bits per heavy atom. The summed E-state index contributed by atoms with van der Waals surface area (Å²) in [6.07, 6.45) is 0. The van der Waals surface area contributed by atoms with Crippen LogP contribution in [0.4, 0.5) is 5.69 Å². The van der Waals surface area contributed by atoms with Crippen molar-refractivity contribution in [2.75, 3.05) is 18.7 Å². The van der Waals surface area contributed by atoms with Crippen LogP contribution in [0, 0.1) is 6.92 Å². The number of benzene rings is 1. The van der Waals surface area contributed by atoms with Crippen LogP contribution in [-0.4, -0.2) is 25.5 Å². The standard InChI is InChI=1S/C12H16N2O/c1-9-7-11(10(2)8-15)5-6-12(9)14(4)13-3/h5-7,15H,2-3,8H2,1,4H3. The highest BCUT2D eigenvalue weighted by Gasteiger charge is 2.04. The molecule has 0 aliphatic carbocycles. The van der Waals surface area contributed by atoms with Gasteiger partial charge in [-0.15, -0.1) is 0 Å². The molecule has 0 unspecified atom stereocenters. The van der Waals surface area contributed by atoms with Crippen molar-refractivity contribution in [2.45, 2.75) is 6.92 Å². The molecule has 3 heteroatoms. The first-order valence-corrected chi connectivity index (χ1v) is 4.70. The van der Waals surface area contributed by atoms with Gasteiger partial charge in [0.1, 0.15) is 0 Å². The van der Waals surface area contributed by atoms with Crippen LogP contribution in [0.15, 0.2) is 29.9 Å². The fourth-order valence-corrected chi connectivity index (χ4v) is 1.41. The van der Waals surface area contributed by atoms with Crippen LogP contribution < -0.4 is 5.01 Å². The largest absolute Gasteiger partial charge is 0.392 e. The van der Waals surface area contributed by atoms with E-state index in [4.69, 9.17) is 5.11 Å². The number of nitrogens with zero attached hydrogens (tertiary/aromatic N) is 2. The molecule has 0 fully saturated rings. The minimum absolute atomic E-state index is 0.0195. The summed E-state index contributed by atoms with van der Waals surface area (Å²) in [7, 11) is 1.84. The van der Waals surface area contributed by atoms with Crippen LogP contribution in [-0.2, 0) is 0 Å². The third kappa shape index (κ3) is 2.44. The Bertz CT molecular complexity index is 385. The van der Waals surface area contributed by atoms with Gasteiger partial charge in [-0.2, -0.15) is 5.10 Å². The van der Waals surface area contributed by atoms with Crippen molar-refractivity contribution in [3.63, 3.8) is 0 Å². The van der Waals surface area contributed by atoms with E-state index in [1.54, 1.807) is 5.01 Å². The lowest BCUT2D eigenvalue weighted by Gasteiger charge is -2.16. The fourth-order valence-electron chi connectivity index (χ4n) is 1.41. The quantitative estimate of drug-likeness (QED) is 0.602. The molecule has 15 heavy (non-hydrogen) atoms. The second-order valence-corrected chi connectivity index (χ2v) is 3.43. The molecule has 0 bridgehead atoms. The average molecular weight is 204 g/mol. The Morgan fingerprint density at radius 1 is 1.53 bits per heavy atom. The van der Waals surface area contributed by atoms with Crippen molar-refractivity contribution in [1.82, 2.24) is 0 Å². The molecule has 0 aromatic heterocycles. The first-order chi connectivity index (χ1) is 7.10. The maximum atomic E-state index is 8.97. The van der Waals surface area contributed by atoms with Gasteiger partial charge in [0.25, 0.3) is 0 Å². The molecular formula is C12H16N2O. The zero-order valence-corrected chi connectivity index (χ0v) is 9.20. The summed E-state index contributed by atoms with van der Waals surface area (Å²) in [4.78, 5) is 0. The molecule has 80 valence electrons. The molecule has 1 N–H and O–H groups in total. The van der Waals surface area contributed by atoms with Crippen molar-refractivity contribution in [2.24, 2.45) is 5.10 Å². The summed E-state index contributed by atoms with van der Waals surface area (Å²) in [6.45, 7) is 9.22. The minimum Gasteiger partial charge on any atom is -0.392 e. The maximum Gasteiger partial charge on any atom is 0.0681 e. The maximum absolute atomic E-state index is 8.97. The van der Waals surface area contributed by atoms with E-state index in [9.17, 15) is 0 Å². The molecule has 0 saturated carbocycles. The molecule has 0 aliphatic heterocycles. The molecule has 0 heterocycles. The summed E-state index contributed by atoms with van der Waals surface area (Å²) in [5.74, 6) is 0. The Labute approximate surface area is 90.4 Å². The SMILES string of the molecule is C=NN(C)c1ccc(C(=C)CO)cc1C. The van der Waals surface area contributed by atoms with Gasteiger partial charge < -0.3 is 5.11 Å². The van der Waals surface area contributed by atoms with Gasteiger partial charge in [-0.3, -0.25) is 5.01 Å². The van der Waals surface area contributed by atoms with Crippen LogP contribution in [0.1, 0.15) is 11.1 Å². The normalized spacial score (nSPS) is 9.80. The third-order valence-electron chi connectivity index (χ3n) is 2.36. The smallest absolute Gasteiger partial charge is 0.0681 e. The predicted octanol–water partition coefficient (Wildman–Crippen LogP) is 2.05. The highest BCUT2D eigenvalue weighted by molar-refractivity contribution is 5.68. The third-order valence-corrected chi connectivity index (χ3v) is 2.36. The van der Waals surface area contributed by atoms with Gasteiger partial charge in [0.05, 0.1) is 12.3 Å². The first-order valence-electron chi connectivity index (χ1n) is 4.70. The monoisotopic (exact) mass is 204 g/mol. The second-order valence-electron chi connectivity index (χ2n) is 3.43. The molecule has 1 rings (SSSR count). The lowest BCUT2D eigenvalue weighted by Crippen LogP contribution is -2.09.